The third-order valence-corrected chi connectivity index (χ3v) is 4.80. The molecule has 1 saturated heterocycles. The van der Waals surface area contributed by atoms with E-state index in [1.807, 2.05) is 30.3 Å². The molecule has 1 aliphatic heterocycles. The predicted octanol–water partition coefficient (Wildman–Crippen LogP) is 0.241. The Balaban J connectivity index is 1.82. The summed E-state index contributed by atoms with van der Waals surface area (Å²) >= 11 is 0. The lowest BCUT2D eigenvalue weighted by Gasteiger charge is -2.17. The number of carboxylic acid groups (broad SMARTS) is 1. The van der Waals surface area contributed by atoms with Crippen LogP contribution in [0.25, 0.3) is 0 Å². The number of nitrogens with one attached hydrogen (secondary N) is 2. The molecule has 1 aromatic carbocycles. The largest absolute Gasteiger partial charge is 0.481 e. The van der Waals surface area contributed by atoms with Crippen LogP contribution < -0.4 is 11.2 Å². The van der Waals surface area contributed by atoms with Crippen LogP contribution in [0.5, 0.6) is 0 Å². The van der Waals surface area contributed by atoms with E-state index in [9.17, 15) is 24.3 Å². The van der Waals surface area contributed by atoms with Crippen LogP contribution in [0.15, 0.2) is 39.9 Å². The van der Waals surface area contributed by atoms with E-state index < -0.39 is 23.1 Å². The number of carboxylic acids is 1. The van der Waals surface area contributed by atoms with E-state index in [1.54, 1.807) is 6.92 Å². The Morgan fingerprint density at radius 3 is 2.46 bits per heavy atom. The number of aromatic nitrogens is 2. The molecule has 0 saturated carbocycles. The highest BCUT2D eigenvalue weighted by Crippen LogP contribution is 2.33. The Bertz CT molecular complexity index is 947. The van der Waals surface area contributed by atoms with Crippen LogP contribution in [-0.2, 0) is 16.0 Å². The van der Waals surface area contributed by atoms with Gasteiger partial charge in [0.15, 0.2) is 0 Å². The lowest BCUT2D eigenvalue weighted by atomic mass is 9.89. The quantitative estimate of drug-likeness (QED) is 0.723. The van der Waals surface area contributed by atoms with Crippen LogP contribution in [0.4, 0.5) is 0 Å². The number of aliphatic carboxylic acids is 1. The number of aryl methyl sites for hydroxylation is 1. The van der Waals surface area contributed by atoms with E-state index in [1.165, 1.54) is 4.90 Å². The minimum absolute atomic E-state index is 0.0913. The molecular formula is C18H19N3O5. The highest BCUT2D eigenvalue weighted by Gasteiger charge is 2.40. The van der Waals surface area contributed by atoms with Gasteiger partial charge in [-0.3, -0.25) is 19.4 Å². The van der Waals surface area contributed by atoms with Gasteiger partial charge in [0.25, 0.3) is 5.56 Å². The number of nitrogens with zero attached hydrogens (tertiary/aromatic N) is 1. The molecule has 136 valence electrons. The van der Waals surface area contributed by atoms with Crippen LogP contribution in [0.2, 0.25) is 0 Å². The van der Waals surface area contributed by atoms with Crippen LogP contribution in [0, 0.1) is 12.8 Å². The van der Waals surface area contributed by atoms with E-state index >= 15 is 0 Å². The Labute approximate surface area is 148 Å². The number of H-pyrrole nitrogens is 2. The maximum absolute atomic E-state index is 12.6. The van der Waals surface area contributed by atoms with Crippen molar-refractivity contribution in [1.29, 1.82) is 0 Å². The van der Waals surface area contributed by atoms with E-state index in [0.717, 1.165) is 5.56 Å². The molecule has 3 rings (SSSR count). The van der Waals surface area contributed by atoms with Crippen LogP contribution >= 0.6 is 0 Å². The average molecular weight is 357 g/mol. The van der Waals surface area contributed by atoms with Gasteiger partial charge in [-0.1, -0.05) is 30.3 Å². The van der Waals surface area contributed by atoms with Crippen molar-refractivity contribution in [3.8, 4) is 0 Å². The first kappa shape index (κ1) is 17.7. The molecule has 0 spiro atoms. The lowest BCUT2D eigenvalue weighted by molar-refractivity contribution is -0.141. The molecule has 1 fully saturated rings. The molecule has 8 heteroatoms. The summed E-state index contributed by atoms with van der Waals surface area (Å²) in [6, 6.07) is 9.23. The molecule has 26 heavy (non-hydrogen) atoms. The number of likely N-dealkylation sites (tertiary alicyclic amines) is 1. The molecule has 2 heterocycles. The maximum atomic E-state index is 12.6. The number of hydrogen-bond donors (Lipinski definition) is 3. The number of rotatable bonds is 4. The topological polar surface area (TPSA) is 123 Å². The van der Waals surface area contributed by atoms with Gasteiger partial charge >= 0.3 is 11.7 Å². The summed E-state index contributed by atoms with van der Waals surface area (Å²) in [7, 11) is 0. The summed E-state index contributed by atoms with van der Waals surface area (Å²) < 4.78 is 0. The first-order valence-electron chi connectivity index (χ1n) is 8.24. The van der Waals surface area contributed by atoms with Gasteiger partial charge in [-0.25, -0.2) is 4.79 Å². The fraction of sp³-hybridized carbons (Fsp3) is 0.333. The van der Waals surface area contributed by atoms with Gasteiger partial charge in [-0.2, -0.15) is 0 Å². The SMILES string of the molecule is Cc1[nH]c(=O)[nH]c(=O)c1CC(=O)N1C[C@H](C(=O)O)[C@@H](c2ccccc2)C1. The van der Waals surface area contributed by atoms with Gasteiger partial charge in [-0.15, -0.1) is 0 Å². The van der Waals surface area contributed by atoms with Crippen molar-refractivity contribution in [3.05, 3.63) is 68.0 Å². The summed E-state index contributed by atoms with van der Waals surface area (Å²) in [5.74, 6) is -2.29. The highest BCUT2D eigenvalue weighted by atomic mass is 16.4. The maximum Gasteiger partial charge on any atom is 0.325 e. The number of carbonyl (C=O) groups excluding carboxylic acids is 1. The van der Waals surface area contributed by atoms with E-state index in [2.05, 4.69) is 9.97 Å². The molecule has 0 aliphatic carbocycles. The summed E-state index contributed by atoms with van der Waals surface area (Å²) in [5, 5.41) is 9.52. The molecule has 1 aliphatic rings. The molecular weight excluding hydrogens is 338 g/mol. The molecule has 0 unspecified atom stereocenters. The molecule has 2 atom stereocenters. The van der Waals surface area contributed by atoms with E-state index in [4.69, 9.17) is 0 Å². The second-order valence-electron chi connectivity index (χ2n) is 6.45. The summed E-state index contributed by atoms with van der Waals surface area (Å²) in [5.41, 5.74) is 0.159. The summed E-state index contributed by atoms with van der Waals surface area (Å²) in [6.07, 6.45) is -0.189. The molecule has 1 aromatic heterocycles. The summed E-state index contributed by atoms with van der Waals surface area (Å²) in [4.78, 5) is 53.5. The van der Waals surface area contributed by atoms with Gasteiger partial charge in [0.05, 0.1) is 12.3 Å². The second-order valence-corrected chi connectivity index (χ2v) is 6.45. The predicted molar refractivity (Wildman–Crippen MR) is 93.0 cm³/mol. The second kappa shape index (κ2) is 6.99. The van der Waals surface area contributed by atoms with Gasteiger partial charge in [0.2, 0.25) is 5.91 Å². The zero-order valence-electron chi connectivity index (χ0n) is 14.2. The van der Waals surface area contributed by atoms with Gasteiger partial charge in [0.1, 0.15) is 0 Å². The van der Waals surface area contributed by atoms with Crippen LogP contribution in [-0.4, -0.2) is 44.9 Å². The molecule has 0 bridgehead atoms. The first-order valence-corrected chi connectivity index (χ1v) is 8.24. The van der Waals surface area contributed by atoms with Crippen molar-refractivity contribution in [1.82, 2.24) is 14.9 Å². The number of amides is 1. The molecule has 3 N–H and O–H groups in total. The molecule has 2 aromatic rings. The Morgan fingerprint density at radius 2 is 1.85 bits per heavy atom. The van der Waals surface area contributed by atoms with Gasteiger partial charge in [0, 0.05) is 30.3 Å². The molecule has 0 radical (unpaired) electrons. The van der Waals surface area contributed by atoms with Crippen molar-refractivity contribution in [2.24, 2.45) is 5.92 Å². The van der Waals surface area contributed by atoms with Crippen molar-refractivity contribution >= 4 is 11.9 Å². The number of carbonyl (C=O) groups is 2. The number of hydrogen-bond acceptors (Lipinski definition) is 4. The van der Waals surface area contributed by atoms with Crippen LogP contribution in [0.3, 0.4) is 0 Å². The minimum Gasteiger partial charge on any atom is -0.481 e. The average Bonchev–Trinajstić information content (AvgIpc) is 3.04. The zero-order valence-corrected chi connectivity index (χ0v) is 14.2. The number of aromatic amines is 2. The molecule has 8 nitrogen and oxygen atoms in total. The molecule has 1 amide bonds. The third-order valence-electron chi connectivity index (χ3n) is 4.80. The smallest absolute Gasteiger partial charge is 0.325 e. The van der Waals surface area contributed by atoms with E-state index in [0.29, 0.717) is 5.69 Å². The van der Waals surface area contributed by atoms with E-state index in [-0.39, 0.29) is 36.9 Å². The fourth-order valence-electron chi connectivity index (χ4n) is 3.40. The summed E-state index contributed by atoms with van der Waals surface area (Å²) in [6.45, 7) is 1.92. The van der Waals surface area contributed by atoms with Crippen LogP contribution in [0.1, 0.15) is 22.7 Å². The first-order chi connectivity index (χ1) is 12.4. The standard InChI is InChI=1S/C18H19N3O5/c1-10-12(16(23)20-18(26)19-10)7-15(22)21-8-13(14(9-21)17(24)25)11-5-3-2-4-6-11/h2-6,13-14H,7-9H2,1H3,(H,24,25)(H2,19,20,23,26)/t13-,14+/m1/s1. The van der Waals surface area contributed by atoms with Crippen molar-refractivity contribution in [2.45, 2.75) is 19.3 Å². The van der Waals surface area contributed by atoms with Gasteiger partial charge in [-0.05, 0) is 12.5 Å². The number of benzene rings is 1. The highest BCUT2D eigenvalue weighted by molar-refractivity contribution is 5.81. The third kappa shape index (κ3) is 3.44. The van der Waals surface area contributed by atoms with Gasteiger partial charge < -0.3 is 15.0 Å². The van der Waals surface area contributed by atoms with Crippen molar-refractivity contribution < 1.29 is 14.7 Å². The van der Waals surface area contributed by atoms with Crippen molar-refractivity contribution in [2.75, 3.05) is 13.1 Å². The Morgan fingerprint density at radius 1 is 1.15 bits per heavy atom. The monoisotopic (exact) mass is 357 g/mol. The lowest BCUT2D eigenvalue weighted by Crippen LogP contribution is -2.35. The zero-order chi connectivity index (χ0) is 18.8. The fourth-order valence-corrected chi connectivity index (χ4v) is 3.40. The van der Waals surface area contributed by atoms with Crippen molar-refractivity contribution in [3.63, 3.8) is 0 Å². The Kier molecular flexibility index (Phi) is 4.75. The Hall–Kier alpha value is -3.16. The normalized spacial score (nSPS) is 19.5. The minimum atomic E-state index is -0.952.